The van der Waals surface area contributed by atoms with Crippen molar-refractivity contribution in [1.29, 1.82) is 0 Å². The van der Waals surface area contributed by atoms with Gasteiger partial charge in [0, 0.05) is 18.8 Å². The van der Waals surface area contributed by atoms with Crippen molar-refractivity contribution in [3.8, 4) is 11.4 Å². The molecular weight excluding hydrogens is 344 g/mol. The second-order valence-electron chi connectivity index (χ2n) is 8.33. The molecule has 2 bridgehead atoms. The maximum absolute atomic E-state index is 12.9. The Morgan fingerprint density at radius 3 is 3.00 bits per heavy atom. The molecule has 4 atom stereocenters. The van der Waals surface area contributed by atoms with E-state index in [2.05, 4.69) is 27.8 Å². The molecule has 8 nitrogen and oxygen atoms in total. The van der Waals surface area contributed by atoms with E-state index >= 15 is 0 Å². The number of anilines is 1. The number of aromatic nitrogens is 4. The van der Waals surface area contributed by atoms with Crippen LogP contribution in [0.5, 0.6) is 5.75 Å². The highest BCUT2D eigenvalue weighted by Gasteiger charge is 2.59. The minimum Gasteiger partial charge on any atom is -0.494 e. The van der Waals surface area contributed by atoms with Gasteiger partial charge in [0.15, 0.2) is 0 Å². The monoisotopic (exact) mass is 368 g/mol. The maximum Gasteiger partial charge on any atom is 0.321 e. The van der Waals surface area contributed by atoms with Gasteiger partial charge in [-0.05, 0) is 71.1 Å². The van der Waals surface area contributed by atoms with Crippen molar-refractivity contribution in [3.05, 3.63) is 24.5 Å². The molecule has 0 radical (unpaired) electrons. The molecule has 2 aliphatic carbocycles. The van der Waals surface area contributed by atoms with Gasteiger partial charge in [-0.15, -0.1) is 5.10 Å². The molecule has 2 aromatic rings. The van der Waals surface area contributed by atoms with E-state index in [-0.39, 0.29) is 6.03 Å². The summed E-state index contributed by atoms with van der Waals surface area (Å²) in [5.74, 6) is 2.90. The van der Waals surface area contributed by atoms with Crippen LogP contribution in [0, 0.1) is 23.2 Å². The van der Waals surface area contributed by atoms with Crippen LogP contribution in [0.3, 0.4) is 0 Å². The van der Waals surface area contributed by atoms with Crippen LogP contribution in [-0.4, -0.2) is 51.3 Å². The van der Waals surface area contributed by atoms with Crippen LogP contribution in [0.15, 0.2) is 24.5 Å². The summed E-state index contributed by atoms with van der Waals surface area (Å²) in [7, 11) is 1.60. The number of ether oxygens (including phenoxy) is 1. The molecule has 2 heterocycles. The van der Waals surface area contributed by atoms with Gasteiger partial charge in [0.25, 0.3) is 0 Å². The summed E-state index contributed by atoms with van der Waals surface area (Å²) in [5, 5.41) is 14.3. The SMILES string of the molecule is COc1ccc(NC(=O)N2CC3[C@@H]4CC[C@@H](C4)C3(C)C2)cc1-n1cnnn1. The highest BCUT2D eigenvalue weighted by molar-refractivity contribution is 5.90. The van der Waals surface area contributed by atoms with Gasteiger partial charge in [-0.2, -0.15) is 4.68 Å². The third-order valence-electron chi connectivity index (χ3n) is 7.08. The predicted octanol–water partition coefficient (Wildman–Crippen LogP) is 2.57. The lowest BCUT2D eigenvalue weighted by Crippen LogP contribution is -2.36. The van der Waals surface area contributed by atoms with E-state index in [9.17, 15) is 4.79 Å². The number of hydrogen-bond acceptors (Lipinski definition) is 5. The van der Waals surface area contributed by atoms with E-state index in [0.717, 1.165) is 24.9 Å². The summed E-state index contributed by atoms with van der Waals surface area (Å²) in [6, 6.07) is 5.45. The first-order valence-corrected chi connectivity index (χ1v) is 9.56. The summed E-state index contributed by atoms with van der Waals surface area (Å²) in [6.45, 7) is 4.12. The van der Waals surface area contributed by atoms with Gasteiger partial charge >= 0.3 is 6.03 Å². The van der Waals surface area contributed by atoms with Crippen LogP contribution in [0.1, 0.15) is 26.2 Å². The number of likely N-dealkylation sites (tertiary alicyclic amines) is 1. The minimum absolute atomic E-state index is 0.0298. The topological polar surface area (TPSA) is 85.2 Å². The third kappa shape index (κ3) is 2.49. The molecule has 3 fully saturated rings. The van der Waals surface area contributed by atoms with Gasteiger partial charge in [0.05, 0.1) is 7.11 Å². The van der Waals surface area contributed by atoms with Crippen molar-refractivity contribution in [3.63, 3.8) is 0 Å². The first-order valence-electron chi connectivity index (χ1n) is 9.56. The second kappa shape index (κ2) is 5.94. The number of methoxy groups -OCH3 is 1. The van der Waals surface area contributed by atoms with Crippen LogP contribution in [0.2, 0.25) is 0 Å². The van der Waals surface area contributed by atoms with Gasteiger partial charge in [-0.1, -0.05) is 6.92 Å². The molecule has 0 spiro atoms. The molecule has 27 heavy (non-hydrogen) atoms. The molecule has 8 heteroatoms. The lowest BCUT2D eigenvalue weighted by Gasteiger charge is -2.34. The quantitative estimate of drug-likeness (QED) is 0.900. The molecule has 1 saturated heterocycles. The van der Waals surface area contributed by atoms with Crippen molar-refractivity contribution in [1.82, 2.24) is 25.1 Å². The number of carbonyl (C=O) groups excluding carboxylic acids is 1. The first kappa shape index (κ1) is 16.5. The maximum atomic E-state index is 12.9. The molecule has 1 aliphatic heterocycles. The zero-order chi connectivity index (χ0) is 18.6. The van der Waals surface area contributed by atoms with Crippen molar-refractivity contribution in [2.45, 2.75) is 26.2 Å². The number of nitrogens with zero attached hydrogens (tertiary/aromatic N) is 5. The lowest BCUT2D eigenvalue weighted by molar-refractivity contribution is 0.152. The fraction of sp³-hybridized carbons (Fsp3) is 0.579. The number of benzene rings is 1. The second-order valence-corrected chi connectivity index (χ2v) is 8.33. The Balaban J connectivity index is 1.34. The van der Waals surface area contributed by atoms with E-state index in [4.69, 9.17) is 4.74 Å². The van der Waals surface area contributed by atoms with Gasteiger partial charge in [-0.3, -0.25) is 0 Å². The largest absolute Gasteiger partial charge is 0.494 e. The summed E-state index contributed by atoms with van der Waals surface area (Å²) < 4.78 is 6.90. The first-order chi connectivity index (χ1) is 13.1. The number of urea groups is 1. The summed E-state index contributed by atoms with van der Waals surface area (Å²) in [4.78, 5) is 14.9. The lowest BCUT2D eigenvalue weighted by atomic mass is 9.70. The molecule has 3 aliphatic rings. The molecule has 142 valence electrons. The van der Waals surface area contributed by atoms with E-state index in [0.29, 0.717) is 28.5 Å². The van der Waals surface area contributed by atoms with Crippen molar-refractivity contribution >= 4 is 11.7 Å². The molecule has 2 amide bonds. The number of tetrazole rings is 1. The van der Waals surface area contributed by atoms with Gasteiger partial charge in [0.2, 0.25) is 0 Å². The van der Waals surface area contributed by atoms with Crippen LogP contribution in [0.25, 0.3) is 5.69 Å². The van der Waals surface area contributed by atoms with Crippen molar-refractivity contribution in [2.75, 3.05) is 25.5 Å². The zero-order valence-electron chi connectivity index (χ0n) is 15.6. The molecule has 1 aromatic carbocycles. The van der Waals surface area contributed by atoms with Crippen LogP contribution >= 0.6 is 0 Å². The number of carbonyl (C=O) groups is 1. The van der Waals surface area contributed by atoms with Gasteiger partial charge in [0.1, 0.15) is 17.8 Å². The fourth-order valence-corrected chi connectivity index (χ4v) is 5.71. The highest BCUT2D eigenvalue weighted by atomic mass is 16.5. The molecule has 2 unspecified atom stereocenters. The standard InChI is InChI=1S/C19H24N6O2/c1-19-10-24(9-15(19)12-3-4-13(19)7-12)18(26)21-14-5-6-17(27-2)16(8-14)25-11-20-22-23-25/h5-6,8,11-13,15H,3-4,7,9-10H2,1-2H3,(H,21,26)/t12-,13+,15?,19?/m1/s1. The average molecular weight is 368 g/mol. The van der Waals surface area contributed by atoms with Gasteiger partial charge < -0.3 is 15.0 Å². The number of fused-ring (bicyclic) bond motifs is 5. The third-order valence-corrected chi connectivity index (χ3v) is 7.08. The van der Waals surface area contributed by atoms with Crippen LogP contribution in [-0.2, 0) is 0 Å². The summed E-state index contributed by atoms with van der Waals surface area (Å²) >= 11 is 0. The Morgan fingerprint density at radius 2 is 2.26 bits per heavy atom. The van der Waals surface area contributed by atoms with Crippen LogP contribution in [0.4, 0.5) is 10.5 Å². The Labute approximate surface area is 157 Å². The smallest absolute Gasteiger partial charge is 0.321 e. The van der Waals surface area contributed by atoms with Crippen molar-refractivity contribution < 1.29 is 9.53 Å². The Bertz CT molecular complexity index is 869. The predicted molar refractivity (Wildman–Crippen MR) is 98.7 cm³/mol. The van der Waals surface area contributed by atoms with E-state index < -0.39 is 0 Å². The highest BCUT2D eigenvalue weighted by Crippen LogP contribution is 2.62. The van der Waals surface area contributed by atoms with E-state index in [1.165, 1.54) is 30.3 Å². The minimum atomic E-state index is -0.0298. The molecule has 1 aromatic heterocycles. The van der Waals surface area contributed by atoms with Crippen molar-refractivity contribution in [2.24, 2.45) is 23.2 Å². The Hall–Kier alpha value is -2.64. The Morgan fingerprint density at radius 1 is 1.37 bits per heavy atom. The number of nitrogens with one attached hydrogen (secondary N) is 1. The van der Waals surface area contributed by atoms with E-state index in [1.807, 2.05) is 23.1 Å². The Kier molecular flexibility index (Phi) is 3.63. The van der Waals surface area contributed by atoms with Gasteiger partial charge in [-0.25, -0.2) is 4.79 Å². The molecule has 2 saturated carbocycles. The normalized spacial score (nSPS) is 31.2. The number of hydrogen-bond donors (Lipinski definition) is 1. The van der Waals surface area contributed by atoms with Crippen LogP contribution < -0.4 is 10.1 Å². The van der Waals surface area contributed by atoms with E-state index in [1.54, 1.807) is 7.11 Å². The molecule has 5 rings (SSSR count). The number of amides is 2. The average Bonchev–Trinajstić information content (AvgIpc) is 3.43. The number of rotatable bonds is 3. The summed E-state index contributed by atoms with van der Waals surface area (Å²) in [5.41, 5.74) is 1.69. The molecular formula is C19H24N6O2. The zero-order valence-corrected chi connectivity index (χ0v) is 15.6. The summed E-state index contributed by atoms with van der Waals surface area (Å²) in [6.07, 6.45) is 5.54. The molecule has 1 N–H and O–H groups in total. The fourth-order valence-electron chi connectivity index (χ4n) is 5.71.